The predicted molar refractivity (Wildman–Crippen MR) is 241 cm³/mol. The maximum absolute atomic E-state index is 12.5. The van der Waals surface area contributed by atoms with Crippen LogP contribution in [0.3, 0.4) is 0 Å². The third-order valence-corrected chi connectivity index (χ3v) is 11.4. The number of unbranched alkanes of at least 4 members (excludes halogenated alkanes) is 2. The van der Waals surface area contributed by atoms with Gasteiger partial charge in [-0.1, -0.05) is 72.4 Å². The lowest BCUT2D eigenvalue weighted by Gasteiger charge is -2.18. The first kappa shape index (κ1) is 50.5. The number of amides is 1. The van der Waals surface area contributed by atoms with Crippen molar-refractivity contribution in [2.45, 2.75) is 141 Å². The summed E-state index contributed by atoms with van der Waals surface area (Å²) in [4.78, 5) is 35.1. The lowest BCUT2D eigenvalue weighted by Crippen LogP contribution is -2.21. The highest BCUT2D eigenvalue weighted by molar-refractivity contribution is 7.15. The summed E-state index contributed by atoms with van der Waals surface area (Å²) in [5.41, 5.74) is 10.9. The molecule has 12 heteroatoms. The molecule has 2 heterocycles. The lowest BCUT2D eigenvalue weighted by atomic mass is 10.1. The fourth-order valence-electron chi connectivity index (χ4n) is 5.48. The molecule has 4 aromatic rings. The van der Waals surface area contributed by atoms with Crippen LogP contribution in [0.5, 0.6) is 11.5 Å². The van der Waals surface area contributed by atoms with E-state index in [0.29, 0.717) is 9.75 Å². The fourth-order valence-corrected chi connectivity index (χ4v) is 7.30. The number of nitrogen functional groups attached to an aromatic ring is 1. The van der Waals surface area contributed by atoms with Crippen molar-refractivity contribution < 1.29 is 19.1 Å². The van der Waals surface area contributed by atoms with Crippen molar-refractivity contribution in [1.29, 1.82) is 0 Å². The molecule has 0 saturated carbocycles. The molecule has 0 fully saturated rings. The number of rotatable bonds is 16. The van der Waals surface area contributed by atoms with Gasteiger partial charge in [-0.05, 0) is 124 Å². The third-order valence-electron chi connectivity index (χ3n) is 8.98. The van der Waals surface area contributed by atoms with Gasteiger partial charge in [-0.2, -0.15) is 0 Å². The van der Waals surface area contributed by atoms with Gasteiger partial charge in [0.15, 0.2) is 0 Å². The quantitative estimate of drug-likeness (QED) is 0.0846. The Bertz CT molecular complexity index is 1750. The highest BCUT2D eigenvalue weighted by Gasteiger charge is 2.17. The minimum absolute atomic E-state index is 0.114. The normalized spacial score (nSPS) is 11.6. The number of halogens is 1. The largest absolute Gasteiger partial charge is 0.490 e. The summed E-state index contributed by atoms with van der Waals surface area (Å²) in [6, 6.07) is 11.6. The van der Waals surface area contributed by atoms with E-state index in [1.54, 1.807) is 6.92 Å². The van der Waals surface area contributed by atoms with Crippen LogP contribution >= 0.6 is 34.3 Å². The Hall–Kier alpha value is -3.51. The molecule has 3 N–H and O–H groups in total. The van der Waals surface area contributed by atoms with Crippen LogP contribution in [0.4, 0.5) is 11.4 Å². The summed E-state index contributed by atoms with van der Waals surface area (Å²) >= 11 is 8.00. The number of carbonyl (C=O) groups excluding carboxylic acids is 2. The Labute approximate surface area is 350 Å². The molecule has 0 saturated heterocycles. The van der Waals surface area contributed by atoms with Crippen LogP contribution in [-0.4, -0.2) is 57.9 Å². The molecule has 9 nitrogen and oxygen atoms in total. The van der Waals surface area contributed by atoms with E-state index in [2.05, 4.69) is 68.7 Å². The van der Waals surface area contributed by atoms with Crippen LogP contribution in [0.1, 0.15) is 139 Å². The second kappa shape index (κ2) is 27.2. The van der Waals surface area contributed by atoms with Crippen LogP contribution in [0.15, 0.2) is 36.4 Å². The zero-order chi connectivity index (χ0) is 42.4. The summed E-state index contributed by atoms with van der Waals surface area (Å²) in [7, 11) is 0. The fraction of sp³-hybridized carbons (Fsp3) is 0.545. The van der Waals surface area contributed by atoms with Gasteiger partial charge in [0.05, 0.1) is 33.6 Å². The maximum atomic E-state index is 12.5. The number of nitrogens with two attached hydrogens (primary N) is 1. The molecule has 4 rings (SSSR count). The molecule has 0 aliphatic carbocycles. The topological polar surface area (TPSA) is 120 Å². The Morgan fingerprint density at radius 2 is 1.18 bits per heavy atom. The summed E-state index contributed by atoms with van der Waals surface area (Å²) in [6.07, 6.45) is 7.31. The summed E-state index contributed by atoms with van der Waals surface area (Å²) < 4.78 is 11.9. The van der Waals surface area contributed by atoms with E-state index in [1.165, 1.54) is 55.1 Å². The number of nitrogens with zero attached hydrogens (tertiary/aromatic N) is 3. The number of carbonyl (C=O) groups is 2. The molecule has 0 bridgehead atoms. The number of aryl methyl sites for hydroxylation is 4. The van der Waals surface area contributed by atoms with Gasteiger partial charge in [0.2, 0.25) is 0 Å². The third kappa shape index (κ3) is 18.2. The van der Waals surface area contributed by atoms with Crippen molar-refractivity contribution in [2.75, 3.05) is 30.7 Å². The van der Waals surface area contributed by atoms with Crippen LogP contribution in [0.2, 0.25) is 0 Å². The van der Waals surface area contributed by atoms with E-state index in [1.807, 2.05) is 71.0 Å². The van der Waals surface area contributed by atoms with Gasteiger partial charge >= 0.3 is 0 Å². The Kier molecular flexibility index (Phi) is 24.5. The molecule has 0 aliphatic rings. The monoisotopic (exact) mass is 829 g/mol. The molecular weight excluding hydrogens is 762 g/mol. The molecular formula is C44H68ClN5O4S2. The van der Waals surface area contributed by atoms with Gasteiger partial charge in [0.25, 0.3) is 11.1 Å². The average Bonchev–Trinajstić information content (AvgIpc) is 3.69. The van der Waals surface area contributed by atoms with E-state index >= 15 is 0 Å². The van der Waals surface area contributed by atoms with Crippen molar-refractivity contribution in [1.82, 2.24) is 14.9 Å². The van der Waals surface area contributed by atoms with Crippen molar-refractivity contribution >= 4 is 56.8 Å². The summed E-state index contributed by atoms with van der Waals surface area (Å²) in [6.45, 7) is 30.1. The van der Waals surface area contributed by atoms with E-state index in [0.717, 1.165) is 81.1 Å². The number of ether oxygens (including phenoxy) is 2. The molecule has 2 aromatic carbocycles. The Balaban J connectivity index is 0.000000416. The number of hydrogen-bond acceptors (Lipinski definition) is 10. The zero-order valence-electron chi connectivity index (χ0n) is 36.2. The Morgan fingerprint density at radius 3 is 1.55 bits per heavy atom. The van der Waals surface area contributed by atoms with Gasteiger partial charge in [0.1, 0.15) is 21.3 Å². The predicted octanol–water partition coefficient (Wildman–Crippen LogP) is 12.3. The second-order valence-corrected chi connectivity index (χ2v) is 16.4. The standard InChI is InChI=1S/C19H26N2O2S.C13H21NO.C6H6ClNOS.C6H15N/c1-6-7-9-12(2)23-17-11-8-10-16(13(17)3)21-19(22)18-14(4)20-15(5)24-18;1-4-5-7-10(2)15-13-9-6-8-12(14)11(13)3;1-3-5(6(7)9)10-4(2)8-3;1-4-7(5-2)6-3/h8,10-12H,6-7,9H2,1-5H3,(H,21,22);6,8-10H,4-5,7,14H2,1-3H3;1-2H3;4-6H2,1-3H3. The van der Waals surface area contributed by atoms with Crippen LogP contribution < -0.4 is 20.5 Å². The van der Waals surface area contributed by atoms with Crippen molar-refractivity contribution in [3.8, 4) is 11.5 Å². The molecule has 2 unspecified atom stereocenters. The Morgan fingerprint density at radius 1 is 0.732 bits per heavy atom. The van der Waals surface area contributed by atoms with Gasteiger partial charge in [-0.3, -0.25) is 9.59 Å². The van der Waals surface area contributed by atoms with E-state index in [-0.39, 0.29) is 18.1 Å². The first-order valence-electron chi connectivity index (χ1n) is 19.9. The SMILES string of the molecule is CCCCC(C)Oc1cccc(N)c1C.CCCCC(C)Oc1cccc(NC(=O)c2sc(C)nc2C)c1C.CCN(CC)CC.Cc1nc(C)c(C(=O)Cl)s1. The van der Waals surface area contributed by atoms with Crippen molar-refractivity contribution in [2.24, 2.45) is 0 Å². The van der Waals surface area contributed by atoms with Gasteiger partial charge in [-0.15, -0.1) is 22.7 Å². The zero-order valence-corrected chi connectivity index (χ0v) is 38.6. The molecule has 0 aliphatic heterocycles. The van der Waals surface area contributed by atoms with Crippen LogP contribution in [0.25, 0.3) is 0 Å². The lowest BCUT2D eigenvalue weighted by molar-refractivity contribution is 0.102. The molecule has 1 amide bonds. The smallest absolute Gasteiger partial charge is 0.267 e. The van der Waals surface area contributed by atoms with Crippen LogP contribution in [0, 0.1) is 41.5 Å². The minimum atomic E-state index is -0.414. The first-order chi connectivity index (χ1) is 26.5. The molecule has 56 heavy (non-hydrogen) atoms. The number of hydrogen-bond donors (Lipinski definition) is 2. The van der Waals surface area contributed by atoms with Gasteiger partial charge in [0, 0.05) is 22.5 Å². The number of aromatic nitrogens is 2. The van der Waals surface area contributed by atoms with Gasteiger partial charge in [-0.25, -0.2) is 9.97 Å². The van der Waals surface area contributed by atoms with Crippen molar-refractivity contribution in [3.63, 3.8) is 0 Å². The summed E-state index contributed by atoms with van der Waals surface area (Å²) in [5.74, 6) is 1.63. The number of nitrogens with one attached hydrogen (secondary N) is 1. The molecule has 312 valence electrons. The second-order valence-electron chi connectivity index (χ2n) is 13.7. The maximum Gasteiger partial charge on any atom is 0.267 e. The minimum Gasteiger partial charge on any atom is -0.490 e. The highest BCUT2D eigenvalue weighted by atomic mass is 35.5. The van der Waals surface area contributed by atoms with Crippen LogP contribution in [-0.2, 0) is 0 Å². The molecule has 0 spiro atoms. The number of anilines is 2. The van der Waals surface area contributed by atoms with E-state index in [4.69, 9.17) is 26.8 Å². The summed E-state index contributed by atoms with van der Waals surface area (Å²) in [5, 5.41) is 4.35. The van der Waals surface area contributed by atoms with Gasteiger partial charge < -0.3 is 25.4 Å². The number of thiazole rings is 2. The van der Waals surface area contributed by atoms with Crippen molar-refractivity contribution in [3.05, 3.63) is 78.7 Å². The van der Waals surface area contributed by atoms with E-state index in [9.17, 15) is 9.59 Å². The highest BCUT2D eigenvalue weighted by Crippen LogP contribution is 2.29. The number of benzene rings is 2. The van der Waals surface area contributed by atoms with E-state index < -0.39 is 5.24 Å². The molecule has 0 radical (unpaired) electrons. The molecule has 2 atom stereocenters. The first-order valence-corrected chi connectivity index (χ1v) is 21.9. The average molecular weight is 831 g/mol. The molecule has 2 aromatic heterocycles.